The van der Waals surface area contributed by atoms with Gasteiger partial charge in [0.25, 0.3) is 0 Å². The van der Waals surface area contributed by atoms with Crippen molar-refractivity contribution < 1.29 is 19.1 Å². The van der Waals surface area contributed by atoms with Crippen molar-refractivity contribution in [1.29, 1.82) is 0 Å². The minimum atomic E-state index is -0.474. The number of rotatable bonds is 2. The first kappa shape index (κ1) is 18.9. The third-order valence-corrected chi connectivity index (χ3v) is 6.09. The molecular weight excluding hydrogens is 376 g/mol. The van der Waals surface area contributed by atoms with Crippen LogP contribution in [-0.2, 0) is 14.4 Å². The van der Waals surface area contributed by atoms with Gasteiger partial charge in [-0.25, -0.2) is 4.99 Å². The number of nitrogens with zero attached hydrogens (tertiary/aromatic N) is 2. The van der Waals surface area contributed by atoms with Gasteiger partial charge in [-0.15, -0.1) is 0 Å². The number of amidine groups is 1. The Hall–Kier alpha value is -2.41. The molecule has 0 saturated carbocycles. The van der Waals surface area contributed by atoms with Gasteiger partial charge in [0.1, 0.15) is 5.75 Å². The van der Waals surface area contributed by atoms with Crippen LogP contribution >= 0.6 is 11.8 Å². The van der Waals surface area contributed by atoms with E-state index in [1.807, 2.05) is 12.1 Å². The Morgan fingerprint density at radius 1 is 1.21 bits per heavy atom. The molecule has 0 aromatic heterocycles. The number of hydrogen-bond donors (Lipinski definition) is 0. The fourth-order valence-corrected chi connectivity index (χ4v) is 5.00. The van der Waals surface area contributed by atoms with E-state index in [-0.39, 0.29) is 17.1 Å². The highest BCUT2D eigenvalue weighted by molar-refractivity contribution is 8.14. The highest BCUT2D eigenvalue weighted by atomic mass is 32.2. The molecule has 1 fully saturated rings. The number of benzene rings is 1. The van der Waals surface area contributed by atoms with E-state index in [0.29, 0.717) is 41.5 Å². The maximum absolute atomic E-state index is 13.1. The van der Waals surface area contributed by atoms with Crippen LogP contribution in [0.25, 0.3) is 0 Å². The number of carbonyl (C=O) groups is 3. The number of carbonyl (C=O) groups excluding carboxylic acids is 3. The van der Waals surface area contributed by atoms with Crippen molar-refractivity contribution in [2.75, 3.05) is 5.75 Å². The minimum Gasteiger partial charge on any atom is -0.427 e. The fraction of sp³-hybridized carbons (Fsp3) is 0.429. The van der Waals surface area contributed by atoms with Crippen molar-refractivity contribution in [2.24, 2.45) is 10.4 Å². The first-order valence-corrected chi connectivity index (χ1v) is 10.3. The summed E-state index contributed by atoms with van der Waals surface area (Å²) in [6.45, 7) is 5.49. The quantitative estimate of drug-likeness (QED) is 0.562. The van der Waals surface area contributed by atoms with Gasteiger partial charge in [-0.1, -0.05) is 37.7 Å². The number of allylic oxidation sites excluding steroid dienone is 1. The summed E-state index contributed by atoms with van der Waals surface area (Å²) in [5.74, 6) is 0.775. The summed E-state index contributed by atoms with van der Waals surface area (Å²) in [5, 5.41) is 0.676. The zero-order valence-electron chi connectivity index (χ0n) is 16.2. The first-order valence-electron chi connectivity index (χ1n) is 9.33. The van der Waals surface area contributed by atoms with Gasteiger partial charge >= 0.3 is 5.97 Å². The van der Waals surface area contributed by atoms with Crippen molar-refractivity contribution in [3.63, 3.8) is 0 Å². The van der Waals surface area contributed by atoms with Gasteiger partial charge in [-0.3, -0.25) is 19.3 Å². The van der Waals surface area contributed by atoms with E-state index in [9.17, 15) is 14.4 Å². The number of ketones is 1. The molecule has 1 aromatic carbocycles. The van der Waals surface area contributed by atoms with Crippen LogP contribution in [-0.4, -0.2) is 33.5 Å². The van der Waals surface area contributed by atoms with Crippen LogP contribution in [0.4, 0.5) is 0 Å². The predicted octanol–water partition coefficient (Wildman–Crippen LogP) is 3.63. The second-order valence-electron chi connectivity index (χ2n) is 8.12. The average molecular weight is 398 g/mol. The molecule has 0 unspecified atom stereocenters. The van der Waals surface area contributed by atoms with Gasteiger partial charge in [0.05, 0.1) is 11.7 Å². The average Bonchev–Trinajstić information content (AvgIpc) is 2.59. The molecule has 1 aromatic rings. The van der Waals surface area contributed by atoms with E-state index in [1.54, 1.807) is 28.8 Å². The standard InChI is InChI=1S/C21H22N2O4S/c1-12(24)27-14-6-4-13(5-7-14)19-18-15(10-21(2,3)11-16(18)25)22-20-23(19)17(26)8-9-28-20/h4-7,19H,8-11H2,1-3H3/t19-/m1/s1. The largest absolute Gasteiger partial charge is 0.427 e. The number of esters is 1. The van der Waals surface area contributed by atoms with E-state index >= 15 is 0 Å². The molecule has 0 radical (unpaired) electrons. The highest BCUT2D eigenvalue weighted by Crippen LogP contribution is 2.47. The van der Waals surface area contributed by atoms with Gasteiger partial charge in [0.2, 0.25) is 5.91 Å². The number of thioether (sulfide) groups is 1. The lowest BCUT2D eigenvalue weighted by atomic mass is 9.73. The molecule has 146 valence electrons. The molecule has 6 nitrogen and oxygen atoms in total. The van der Waals surface area contributed by atoms with Crippen LogP contribution in [0.5, 0.6) is 5.75 Å². The predicted molar refractivity (Wildman–Crippen MR) is 107 cm³/mol. The van der Waals surface area contributed by atoms with Gasteiger partial charge in [-0.05, 0) is 29.5 Å². The van der Waals surface area contributed by atoms with E-state index < -0.39 is 12.0 Å². The maximum atomic E-state index is 13.1. The van der Waals surface area contributed by atoms with E-state index in [1.165, 1.54) is 6.92 Å². The van der Waals surface area contributed by atoms with Crippen LogP contribution in [0.1, 0.15) is 51.6 Å². The third kappa shape index (κ3) is 3.39. The van der Waals surface area contributed by atoms with Gasteiger partial charge in [-0.2, -0.15) is 0 Å². The van der Waals surface area contributed by atoms with Crippen molar-refractivity contribution >= 4 is 34.6 Å². The lowest BCUT2D eigenvalue weighted by Gasteiger charge is -2.43. The molecule has 7 heteroatoms. The van der Waals surface area contributed by atoms with Crippen molar-refractivity contribution in [2.45, 2.75) is 46.1 Å². The molecule has 0 spiro atoms. The molecular formula is C21H22N2O4S. The molecule has 1 saturated heterocycles. The fourth-order valence-electron chi connectivity index (χ4n) is 4.02. The summed E-state index contributed by atoms with van der Waals surface area (Å²) in [4.78, 5) is 43.4. The lowest BCUT2D eigenvalue weighted by Crippen LogP contribution is -2.47. The monoisotopic (exact) mass is 398 g/mol. The maximum Gasteiger partial charge on any atom is 0.308 e. The Morgan fingerprint density at radius 2 is 1.93 bits per heavy atom. The van der Waals surface area contributed by atoms with Crippen LogP contribution in [0, 0.1) is 5.41 Å². The summed E-state index contributed by atoms with van der Waals surface area (Å²) in [6.07, 6.45) is 1.57. The Balaban J connectivity index is 1.81. The molecule has 1 aliphatic carbocycles. The van der Waals surface area contributed by atoms with E-state index in [0.717, 1.165) is 11.3 Å². The summed E-state index contributed by atoms with van der Waals surface area (Å²) in [5.41, 5.74) is 2.09. The third-order valence-electron chi connectivity index (χ3n) is 5.14. The minimum absolute atomic E-state index is 0.0178. The molecule has 1 atom stereocenters. The zero-order chi connectivity index (χ0) is 20.1. The lowest BCUT2D eigenvalue weighted by molar-refractivity contribution is -0.132. The van der Waals surface area contributed by atoms with Crippen LogP contribution in [0.2, 0.25) is 0 Å². The molecule has 0 N–H and O–H groups in total. The second kappa shape index (κ2) is 6.88. The normalized spacial score (nSPS) is 23.8. The Morgan fingerprint density at radius 3 is 2.61 bits per heavy atom. The van der Waals surface area contributed by atoms with Gasteiger partial charge in [0, 0.05) is 31.1 Å². The zero-order valence-corrected chi connectivity index (χ0v) is 17.0. The number of amides is 1. The molecule has 0 bridgehead atoms. The number of aliphatic imine (C=N–C) groups is 1. The van der Waals surface area contributed by atoms with Crippen molar-refractivity contribution in [3.05, 3.63) is 41.1 Å². The number of hydrogen-bond acceptors (Lipinski definition) is 6. The van der Waals surface area contributed by atoms with Crippen LogP contribution in [0.15, 0.2) is 40.5 Å². The Kier molecular flexibility index (Phi) is 4.65. The molecule has 2 aliphatic heterocycles. The number of Topliss-reactive ketones (excluding diaryl/α,β-unsaturated/α-hetero) is 1. The smallest absolute Gasteiger partial charge is 0.308 e. The van der Waals surface area contributed by atoms with E-state index in [2.05, 4.69) is 13.8 Å². The van der Waals surface area contributed by atoms with Gasteiger partial charge < -0.3 is 4.74 Å². The molecule has 28 heavy (non-hydrogen) atoms. The molecule has 1 amide bonds. The second-order valence-corrected chi connectivity index (χ2v) is 9.19. The summed E-state index contributed by atoms with van der Waals surface area (Å²) < 4.78 is 5.11. The van der Waals surface area contributed by atoms with Crippen LogP contribution in [0.3, 0.4) is 0 Å². The van der Waals surface area contributed by atoms with Crippen LogP contribution < -0.4 is 4.74 Å². The SMILES string of the molecule is CC(=O)Oc1ccc([C@@H]2C3=C(CC(C)(C)CC3=O)N=C3SCCC(=O)N32)cc1. The van der Waals surface area contributed by atoms with Crippen molar-refractivity contribution in [1.82, 2.24) is 4.90 Å². The number of fused-ring (bicyclic) bond motifs is 1. The van der Waals surface area contributed by atoms with E-state index in [4.69, 9.17) is 9.73 Å². The topological polar surface area (TPSA) is 76.0 Å². The van der Waals surface area contributed by atoms with Crippen molar-refractivity contribution in [3.8, 4) is 5.75 Å². The summed E-state index contributed by atoms with van der Waals surface area (Å²) >= 11 is 1.56. The molecule has 4 rings (SSSR count). The summed E-state index contributed by atoms with van der Waals surface area (Å²) in [7, 11) is 0. The Labute approximate surface area is 168 Å². The first-order chi connectivity index (χ1) is 13.2. The summed E-state index contributed by atoms with van der Waals surface area (Å²) in [6, 6.07) is 6.55. The molecule has 2 heterocycles. The Bertz CT molecular complexity index is 930. The highest BCUT2D eigenvalue weighted by Gasteiger charge is 2.45. The van der Waals surface area contributed by atoms with Gasteiger partial charge in [0.15, 0.2) is 11.0 Å². The molecule has 3 aliphatic rings. The number of ether oxygens (including phenoxy) is 1.